The van der Waals surface area contributed by atoms with Gasteiger partial charge in [-0.2, -0.15) is 0 Å². The van der Waals surface area contributed by atoms with Crippen molar-refractivity contribution in [2.45, 2.75) is 25.3 Å². The van der Waals surface area contributed by atoms with Gasteiger partial charge in [-0.3, -0.25) is 0 Å². The number of rotatable bonds is 3. The second-order valence-electron chi connectivity index (χ2n) is 4.91. The van der Waals surface area contributed by atoms with E-state index in [1.54, 1.807) is 17.4 Å². The lowest BCUT2D eigenvalue weighted by atomic mass is 9.93. The zero-order valence-electron chi connectivity index (χ0n) is 10.9. The average molecular weight is 306 g/mol. The Bertz CT molecular complexity index is 651. The van der Waals surface area contributed by atoms with Crippen LogP contribution < -0.4 is 11.1 Å². The van der Waals surface area contributed by atoms with E-state index in [-0.39, 0.29) is 16.8 Å². The van der Waals surface area contributed by atoms with Gasteiger partial charge in [-0.15, -0.1) is 11.3 Å². The molecule has 0 saturated carbocycles. The fraction of sp³-hybridized carbons (Fsp3) is 0.267. The minimum absolute atomic E-state index is 0.0898. The normalized spacial score (nSPS) is 17.6. The summed E-state index contributed by atoms with van der Waals surface area (Å²) in [5.41, 5.74) is 7.96. The Kier molecular flexibility index (Phi) is 3.72. The summed E-state index contributed by atoms with van der Waals surface area (Å²) in [6.45, 7) is 0. The van der Waals surface area contributed by atoms with E-state index in [2.05, 4.69) is 16.8 Å². The van der Waals surface area contributed by atoms with Crippen LogP contribution in [-0.2, 0) is 6.42 Å². The van der Waals surface area contributed by atoms with Gasteiger partial charge in [0.25, 0.3) is 0 Å². The number of fused-ring (bicyclic) bond motifs is 1. The van der Waals surface area contributed by atoms with Crippen LogP contribution >= 0.6 is 23.6 Å². The standard InChI is InChI=1S/C15H15FN2S2/c16-10-3-1-5-12(14(10)15(17)19)18-11-4-2-6-13-9(11)7-8-20-13/h1,3,5,7-8,11,18H,2,4,6H2,(H2,17,19). The third-order valence-corrected chi connectivity index (χ3v) is 4.84. The minimum atomic E-state index is -0.371. The van der Waals surface area contributed by atoms with E-state index in [0.29, 0.717) is 11.3 Å². The average Bonchev–Trinajstić information content (AvgIpc) is 2.87. The molecule has 2 nitrogen and oxygen atoms in total. The van der Waals surface area contributed by atoms with Crippen LogP contribution in [0, 0.1) is 5.82 Å². The van der Waals surface area contributed by atoms with E-state index in [4.69, 9.17) is 18.0 Å². The molecule has 104 valence electrons. The van der Waals surface area contributed by atoms with Gasteiger partial charge in [0, 0.05) is 10.6 Å². The van der Waals surface area contributed by atoms with Crippen LogP contribution in [0.2, 0.25) is 0 Å². The van der Waals surface area contributed by atoms with Crippen molar-refractivity contribution in [2.75, 3.05) is 5.32 Å². The van der Waals surface area contributed by atoms with E-state index in [0.717, 1.165) is 19.3 Å². The Labute approximate surface area is 126 Å². The van der Waals surface area contributed by atoms with Gasteiger partial charge < -0.3 is 11.1 Å². The third kappa shape index (κ3) is 2.43. The summed E-state index contributed by atoms with van der Waals surface area (Å²) in [5.74, 6) is -0.371. The van der Waals surface area contributed by atoms with Gasteiger partial charge in [0.15, 0.2) is 0 Å². The maximum Gasteiger partial charge on any atom is 0.135 e. The van der Waals surface area contributed by atoms with Crippen LogP contribution in [0.5, 0.6) is 0 Å². The topological polar surface area (TPSA) is 38.0 Å². The molecular formula is C15H15FN2S2. The van der Waals surface area contributed by atoms with Crippen LogP contribution in [0.1, 0.15) is 34.9 Å². The molecule has 1 aliphatic rings. The van der Waals surface area contributed by atoms with Crippen molar-refractivity contribution in [1.29, 1.82) is 0 Å². The van der Waals surface area contributed by atoms with Gasteiger partial charge in [0.1, 0.15) is 10.8 Å². The first-order valence-electron chi connectivity index (χ1n) is 6.58. The number of hydrogen-bond acceptors (Lipinski definition) is 3. The molecule has 1 aliphatic carbocycles. The molecule has 0 spiro atoms. The van der Waals surface area contributed by atoms with Gasteiger partial charge in [0.2, 0.25) is 0 Å². The summed E-state index contributed by atoms with van der Waals surface area (Å²) in [4.78, 5) is 1.51. The molecule has 0 fully saturated rings. The molecule has 0 radical (unpaired) electrons. The predicted molar refractivity (Wildman–Crippen MR) is 85.9 cm³/mol. The van der Waals surface area contributed by atoms with Crippen molar-refractivity contribution in [1.82, 2.24) is 0 Å². The second-order valence-corrected chi connectivity index (χ2v) is 6.36. The molecule has 1 heterocycles. The van der Waals surface area contributed by atoms with Crippen molar-refractivity contribution >= 4 is 34.2 Å². The molecule has 0 aliphatic heterocycles. The zero-order valence-corrected chi connectivity index (χ0v) is 12.5. The van der Waals surface area contributed by atoms with Crippen molar-refractivity contribution in [3.8, 4) is 0 Å². The smallest absolute Gasteiger partial charge is 0.135 e. The largest absolute Gasteiger partial charge is 0.389 e. The molecule has 0 saturated heterocycles. The Balaban J connectivity index is 1.94. The van der Waals surface area contributed by atoms with Gasteiger partial charge >= 0.3 is 0 Å². The molecular weight excluding hydrogens is 291 g/mol. The molecule has 3 rings (SSSR count). The number of thiophene rings is 1. The van der Waals surface area contributed by atoms with E-state index >= 15 is 0 Å². The first-order chi connectivity index (χ1) is 9.66. The number of benzene rings is 1. The summed E-state index contributed by atoms with van der Waals surface area (Å²) in [6, 6.07) is 7.25. The van der Waals surface area contributed by atoms with E-state index in [1.165, 1.54) is 16.5 Å². The van der Waals surface area contributed by atoms with Crippen LogP contribution in [0.25, 0.3) is 0 Å². The first kappa shape index (κ1) is 13.5. The van der Waals surface area contributed by atoms with Crippen molar-refractivity contribution in [3.05, 3.63) is 51.5 Å². The third-order valence-electron chi connectivity index (χ3n) is 3.64. The fourth-order valence-electron chi connectivity index (χ4n) is 2.72. The highest BCUT2D eigenvalue weighted by atomic mass is 32.1. The maximum absolute atomic E-state index is 13.9. The number of nitrogens with one attached hydrogen (secondary N) is 1. The molecule has 0 bridgehead atoms. The van der Waals surface area contributed by atoms with Gasteiger partial charge in [0.05, 0.1) is 11.6 Å². The van der Waals surface area contributed by atoms with Crippen molar-refractivity contribution < 1.29 is 4.39 Å². The van der Waals surface area contributed by atoms with Crippen molar-refractivity contribution in [3.63, 3.8) is 0 Å². The summed E-state index contributed by atoms with van der Waals surface area (Å²) in [5, 5.41) is 5.53. The number of aryl methyl sites for hydroxylation is 1. The predicted octanol–water partition coefficient (Wildman–Crippen LogP) is 4.01. The Morgan fingerprint density at radius 3 is 3.05 bits per heavy atom. The second kappa shape index (κ2) is 5.50. The molecule has 0 amide bonds. The quantitative estimate of drug-likeness (QED) is 0.841. The van der Waals surface area contributed by atoms with Gasteiger partial charge in [-0.25, -0.2) is 4.39 Å². The lowest BCUT2D eigenvalue weighted by molar-refractivity contribution is 0.604. The molecule has 1 aromatic heterocycles. The Morgan fingerprint density at radius 2 is 2.25 bits per heavy atom. The van der Waals surface area contributed by atoms with E-state index < -0.39 is 0 Å². The lowest BCUT2D eigenvalue weighted by Gasteiger charge is -2.26. The zero-order chi connectivity index (χ0) is 14.1. The number of hydrogen-bond donors (Lipinski definition) is 2. The SMILES string of the molecule is NC(=S)c1c(F)cccc1NC1CCCc2sccc21. The fourth-order valence-corrected chi connectivity index (χ4v) is 3.91. The van der Waals surface area contributed by atoms with Gasteiger partial charge in [-0.05, 0) is 48.4 Å². The van der Waals surface area contributed by atoms with Crippen molar-refractivity contribution in [2.24, 2.45) is 5.73 Å². The van der Waals surface area contributed by atoms with Crippen LogP contribution in [0.3, 0.4) is 0 Å². The Morgan fingerprint density at radius 1 is 1.40 bits per heavy atom. The summed E-state index contributed by atoms with van der Waals surface area (Å²) < 4.78 is 13.9. The van der Waals surface area contributed by atoms with Gasteiger partial charge in [-0.1, -0.05) is 18.3 Å². The lowest BCUT2D eigenvalue weighted by Crippen LogP contribution is -2.20. The summed E-state index contributed by atoms with van der Waals surface area (Å²) >= 11 is 6.75. The number of anilines is 1. The summed E-state index contributed by atoms with van der Waals surface area (Å²) in [6.07, 6.45) is 3.32. The molecule has 5 heteroatoms. The Hall–Kier alpha value is -1.46. The highest BCUT2D eigenvalue weighted by Gasteiger charge is 2.22. The minimum Gasteiger partial charge on any atom is -0.389 e. The molecule has 3 N–H and O–H groups in total. The van der Waals surface area contributed by atoms with E-state index in [1.807, 2.05) is 6.07 Å². The molecule has 2 aromatic rings. The van der Waals surface area contributed by atoms with Crippen LogP contribution in [-0.4, -0.2) is 4.99 Å². The monoisotopic (exact) mass is 306 g/mol. The van der Waals surface area contributed by atoms with Crippen LogP contribution in [0.15, 0.2) is 29.6 Å². The highest BCUT2D eigenvalue weighted by Crippen LogP contribution is 2.36. The number of nitrogens with two attached hydrogens (primary N) is 1. The van der Waals surface area contributed by atoms with Crippen LogP contribution in [0.4, 0.5) is 10.1 Å². The molecule has 1 unspecified atom stereocenters. The maximum atomic E-state index is 13.9. The molecule has 1 atom stereocenters. The highest BCUT2D eigenvalue weighted by molar-refractivity contribution is 7.80. The molecule has 20 heavy (non-hydrogen) atoms. The number of halogens is 1. The van der Waals surface area contributed by atoms with E-state index in [9.17, 15) is 4.39 Å². The number of thiocarbonyl (C=S) groups is 1. The summed E-state index contributed by atoms with van der Waals surface area (Å²) in [7, 11) is 0. The molecule has 1 aromatic carbocycles. The first-order valence-corrected chi connectivity index (χ1v) is 7.86.